The maximum Gasteiger partial charge on any atom is 0.323 e. The van der Waals surface area contributed by atoms with Crippen LogP contribution in [0.3, 0.4) is 0 Å². The second-order valence-electron chi connectivity index (χ2n) is 8.47. The smallest absolute Gasteiger partial charge is 0.323 e. The molecular weight excluding hydrogens is 440 g/mol. The first kappa shape index (κ1) is 23.4. The highest BCUT2D eigenvalue weighted by Gasteiger charge is 2.27. The first-order chi connectivity index (χ1) is 16.0. The van der Waals surface area contributed by atoms with E-state index in [0.717, 1.165) is 50.9 Å². The molecule has 2 aliphatic rings. The monoisotopic (exact) mass is 472 g/mol. The van der Waals surface area contributed by atoms with Crippen molar-refractivity contribution in [3.05, 3.63) is 42.5 Å². The van der Waals surface area contributed by atoms with Crippen LogP contribution in [0.4, 0.5) is 21.9 Å². The molecule has 0 radical (unpaired) electrons. The number of carbonyl (C=O) groups is 1. The molecule has 2 heterocycles. The summed E-state index contributed by atoms with van der Waals surface area (Å²) in [6.07, 6.45) is 6.11. The summed E-state index contributed by atoms with van der Waals surface area (Å²) in [4.78, 5) is 15.3. The van der Waals surface area contributed by atoms with Gasteiger partial charge in [-0.2, -0.15) is 4.31 Å². The lowest BCUT2D eigenvalue weighted by atomic mass is 10.1. The highest BCUT2D eigenvalue weighted by molar-refractivity contribution is 7.89. The summed E-state index contributed by atoms with van der Waals surface area (Å²) >= 11 is 0. The molecule has 0 saturated carbocycles. The van der Waals surface area contributed by atoms with Crippen LogP contribution in [0.1, 0.15) is 38.5 Å². The zero-order valence-corrected chi connectivity index (χ0v) is 19.9. The van der Waals surface area contributed by atoms with Gasteiger partial charge in [-0.15, -0.1) is 0 Å². The number of anilines is 3. The molecule has 2 fully saturated rings. The lowest BCUT2D eigenvalue weighted by Gasteiger charge is -2.31. The van der Waals surface area contributed by atoms with Crippen molar-refractivity contribution in [1.82, 2.24) is 4.31 Å². The molecule has 2 saturated heterocycles. The predicted molar refractivity (Wildman–Crippen MR) is 131 cm³/mol. The number of hydrogen-bond acceptors (Lipinski definition) is 5. The molecule has 0 bridgehead atoms. The third-order valence-corrected chi connectivity index (χ3v) is 8.12. The van der Waals surface area contributed by atoms with E-state index in [-0.39, 0.29) is 4.90 Å². The van der Waals surface area contributed by atoms with Crippen molar-refractivity contribution < 1.29 is 17.9 Å². The Labute approximate surface area is 196 Å². The Bertz CT molecular complexity index is 1080. The van der Waals surface area contributed by atoms with E-state index < -0.39 is 16.1 Å². The van der Waals surface area contributed by atoms with Crippen LogP contribution in [0.15, 0.2) is 47.4 Å². The van der Waals surface area contributed by atoms with Gasteiger partial charge in [-0.25, -0.2) is 13.2 Å². The molecule has 2 aromatic rings. The number of ether oxygens (including phenoxy) is 1. The fourth-order valence-electron chi connectivity index (χ4n) is 4.46. The average molecular weight is 473 g/mol. The Balaban J connectivity index is 1.62. The SMILES string of the molecule is COc1ccccc1NC(=O)Nc1cc(S(=O)(=O)N2CCCCC2)ccc1N1CCCCC1. The Kier molecular flexibility index (Phi) is 7.39. The molecule has 0 unspecified atom stereocenters. The highest BCUT2D eigenvalue weighted by Crippen LogP contribution is 2.33. The van der Waals surface area contributed by atoms with Crippen LogP contribution in [0.5, 0.6) is 5.75 Å². The molecule has 2 aliphatic heterocycles. The number of para-hydroxylation sites is 2. The van der Waals surface area contributed by atoms with E-state index in [1.807, 2.05) is 18.2 Å². The normalized spacial score (nSPS) is 17.4. The first-order valence-corrected chi connectivity index (χ1v) is 13.0. The van der Waals surface area contributed by atoms with Crippen molar-refractivity contribution in [2.45, 2.75) is 43.4 Å². The molecule has 0 aliphatic carbocycles. The molecule has 2 N–H and O–H groups in total. The maximum atomic E-state index is 13.3. The number of urea groups is 1. The van der Waals surface area contributed by atoms with Gasteiger partial charge in [-0.05, 0) is 62.4 Å². The fourth-order valence-corrected chi connectivity index (χ4v) is 6.01. The number of sulfonamides is 1. The van der Waals surface area contributed by atoms with Crippen molar-refractivity contribution in [3.8, 4) is 5.75 Å². The summed E-state index contributed by atoms with van der Waals surface area (Å²) in [7, 11) is -2.07. The standard InChI is InChI=1S/C24H32N4O4S/c1-32-23-11-5-4-10-20(23)25-24(29)26-21-18-19(33(30,31)28-16-8-3-9-17-28)12-13-22(21)27-14-6-2-7-15-27/h4-5,10-13,18H,2-3,6-9,14-17H2,1H3,(H2,25,26,29). The minimum absolute atomic E-state index is 0.206. The molecule has 9 heteroatoms. The molecule has 0 spiro atoms. The molecule has 2 amide bonds. The summed E-state index contributed by atoms with van der Waals surface area (Å²) in [6.45, 7) is 2.82. The second kappa shape index (κ2) is 10.4. The summed E-state index contributed by atoms with van der Waals surface area (Å²) in [5.41, 5.74) is 1.86. The van der Waals surface area contributed by atoms with E-state index in [2.05, 4.69) is 15.5 Å². The van der Waals surface area contributed by atoms with Gasteiger partial charge in [-0.1, -0.05) is 18.6 Å². The van der Waals surface area contributed by atoms with Crippen molar-refractivity contribution in [1.29, 1.82) is 0 Å². The van der Waals surface area contributed by atoms with Crippen LogP contribution in [-0.2, 0) is 10.0 Å². The van der Waals surface area contributed by atoms with Gasteiger partial charge < -0.3 is 20.3 Å². The number of amides is 2. The molecule has 178 valence electrons. The Morgan fingerprint density at radius 1 is 0.848 bits per heavy atom. The van der Waals surface area contributed by atoms with Crippen molar-refractivity contribution in [2.24, 2.45) is 0 Å². The van der Waals surface area contributed by atoms with Crippen LogP contribution in [0, 0.1) is 0 Å². The molecule has 0 aromatic heterocycles. The third-order valence-electron chi connectivity index (χ3n) is 6.22. The van der Waals surface area contributed by atoms with Crippen molar-refractivity contribution >= 4 is 33.1 Å². The predicted octanol–water partition coefficient (Wildman–Crippen LogP) is 4.50. The van der Waals surface area contributed by atoms with E-state index in [0.29, 0.717) is 30.2 Å². The number of rotatable bonds is 6. The number of carbonyl (C=O) groups excluding carboxylic acids is 1. The van der Waals surface area contributed by atoms with Crippen LogP contribution in [-0.4, -0.2) is 52.0 Å². The number of hydrogen-bond donors (Lipinski definition) is 2. The topological polar surface area (TPSA) is 91.0 Å². The van der Waals surface area contributed by atoms with Crippen LogP contribution >= 0.6 is 0 Å². The summed E-state index contributed by atoms with van der Waals surface area (Å²) in [6, 6.07) is 11.8. The zero-order valence-electron chi connectivity index (χ0n) is 19.0. The summed E-state index contributed by atoms with van der Waals surface area (Å²) in [5.74, 6) is 0.547. The lowest BCUT2D eigenvalue weighted by Crippen LogP contribution is -2.36. The Morgan fingerprint density at radius 3 is 2.18 bits per heavy atom. The van der Waals surface area contributed by atoms with Crippen molar-refractivity contribution in [2.75, 3.05) is 48.8 Å². The Hall–Kier alpha value is -2.78. The van der Waals surface area contributed by atoms with Gasteiger partial charge in [0.2, 0.25) is 10.0 Å². The molecule has 8 nitrogen and oxygen atoms in total. The molecule has 2 aromatic carbocycles. The van der Waals surface area contributed by atoms with Crippen LogP contribution in [0.2, 0.25) is 0 Å². The molecule has 0 atom stereocenters. The van der Waals surface area contributed by atoms with Gasteiger partial charge in [0.1, 0.15) is 5.75 Å². The third kappa shape index (κ3) is 5.42. The van der Waals surface area contributed by atoms with Crippen LogP contribution < -0.4 is 20.3 Å². The first-order valence-electron chi connectivity index (χ1n) is 11.6. The number of nitrogens with zero attached hydrogens (tertiary/aromatic N) is 2. The minimum atomic E-state index is -3.61. The van der Waals surface area contributed by atoms with Gasteiger partial charge in [0.15, 0.2) is 0 Å². The van der Waals surface area contributed by atoms with Gasteiger partial charge >= 0.3 is 6.03 Å². The second-order valence-corrected chi connectivity index (χ2v) is 10.4. The summed E-state index contributed by atoms with van der Waals surface area (Å²) in [5, 5.41) is 5.70. The maximum absolute atomic E-state index is 13.3. The van der Waals surface area contributed by atoms with E-state index in [1.165, 1.54) is 6.42 Å². The average Bonchev–Trinajstić information content (AvgIpc) is 2.85. The van der Waals surface area contributed by atoms with Crippen LogP contribution in [0.25, 0.3) is 0 Å². The van der Waals surface area contributed by atoms with E-state index in [9.17, 15) is 13.2 Å². The van der Waals surface area contributed by atoms with E-state index in [4.69, 9.17) is 4.74 Å². The Morgan fingerprint density at radius 2 is 1.48 bits per heavy atom. The minimum Gasteiger partial charge on any atom is -0.495 e. The van der Waals surface area contributed by atoms with Gasteiger partial charge in [0.25, 0.3) is 0 Å². The number of methoxy groups -OCH3 is 1. The fraction of sp³-hybridized carbons (Fsp3) is 0.458. The van der Waals surface area contributed by atoms with E-state index in [1.54, 1.807) is 35.7 Å². The largest absolute Gasteiger partial charge is 0.495 e. The quantitative estimate of drug-likeness (QED) is 0.646. The van der Waals surface area contributed by atoms with Gasteiger partial charge in [-0.3, -0.25) is 0 Å². The van der Waals surface area contributed by atoms with E-state index >= 15 is 0 Å². The molecule has 33 heavy (non-hydrogen) atoms. The lowest BCUT2D eigenvalue weighted by molar-refractivity contribution is 0.262. The highest BCUT2D eigenvalue weighted by atomic mass is 32.2. The molecule has 4 rings (SSSR count). The summed E-state index contributed by atoms with van der Waals surface area (Å²) < 4.78 is 33.4. The zero-order chi connectivity index (χ0) is 23.3. The molecular formula is C24H32N4O4S. The van der Waals surface area contributed by atoms with Gasteiger partial charge in [0.05, 0.1) is 29.1 Å². The van der Waals surface area contributed by atoms with Gasteiger partial charge in [0, 0.05) is 26.2 Å². The number of piperidine rings is 2. The number of benzene rings is 2. The van der Waals surface area contributed by atoms with Crippen molar-refractivity contribution in [3.63, 3.8) is 0 Å². The number of nitrogens with one attached hydrogen (secondary N) is 2.